The van der Waals surface area contributed by atoms with Crippen LogP contribution >= 0.6 is 0 Å². The van der Waals surface area contributed by atoms with Gasteiger partial charge in [0.25, 0.3) is 5.82 Å². The van der Waals surface area contributed by atoms with Crippen molar-refractivity contribution in [2.24, 2.45) is 0 Å². The van der Waals surface area contributed by atoms with E-state index >= 15 is 0 Å². The monoisotopic (exact) mass is 177 g/mol. The van der Waals surface area contributed by atoms with Gasteiger partial charge in [-0.3, -0.25) is 0 Å². The molecule has 13 heavy (non-hydrogen) atoms. The van der Waals surface area contributed by atoms with Crippen LogP contribution in [0.15, 0.2) is 12.3 Å². The molecule has 0 aliphatic carbocycles. The van der Waals surface area contributed by atoms with E-state index < -0.39 is 0 Å². The molecule has 1 aliphatic rings. The molecule has 0 unspecified atom stereocenters. The lowest BCUT2D eigenvalue weighted by molar-refractivity contribution is -0.708. The number of aryl methyl sites for hydroxylation is 3. The van der Waals surface area contributed by atoms with Gasteiger partial charge in [0.1, 0.15) is 0 Å². The van der Waals surface area contributed by atoms with Crippen LogP contribution in [0.2, 0.25) is 0 Å². The number of hydrogen-bond donors (Lipinski definition) is 0. The highest BCUT2D eigenvalue weighted by Crippen LogP contribution is 2.07. The molecule has 1 aromatic heterocycles. The fourth-order valence-electron chi connectivity index (χ4n) is 1.91. The summed E-state index contributed by atoms with van der Waals surface area (Å²) in [5.74, 6) is 1.28. The fraction of sp³-hybridized carbons (Fsp3) is 0.636. The minimum Gasteiger partial charge on any atom is -0.235 e. The van der Waals surface area contributed by atoms with Crippen LogP contribution in [0.3, 0.4) is 0 Å². The van der Waals surface area contributed by atoms with E-state index in [1.54, 1.807) is 0 Å². The first kappa shape index (κ1) is 8.67. The number of nitrogens with zero attached hydrogens (tertiary/aromatic N) is 2. The molecule has 0 fully saturated rings. The average Bonchev–Trinajstić information content (AvgIpc) is 2.08. The summed E-state index contributed by atoms with van der Waals surface area (Å²) in [6.07, 6.45) is 8.69. The maximum absolute atomic E-state index is 4.58. The maximum Gasteiger partial charge on any atom is 0.298 e. The summed E-state index contributed by atoms with van der Waals surface area (Å²) in [6, 6.07) is 2.10. The normalized spacial score (nSPS) is 17.3. The zero-order valence-corrected chi connectivity index (χ0v) is 8.29. The first-order valence-electron chi connectivity index (χ1n) is 5.22. The van der Waals surface area contributed by atoms with E-state index in [0.717, 1.165) is 18.7 Å². The van der Waals surface area contributed by atoms with Crippen LogP contribution in [0.1, 0.15) is 37.2 Å². The van der Waals surface area contributed by atoms with Crippen molar-refractivity contribution < 1.29 is 4.57 Å². The van der Waals surface area contributed by atoms with Crippen LogP contribution in [-0.2, 0) is 13.0 Å². The van der Waals surface area contributed by atoms with Crippen LogP contribution in [0, 0.1) is 6.92 Å². The third-order valence-corrected chi connectivity index (χ3v) is 2.68. The quantitative estimate of drug-likeness (QED) is 0.552. The van der Waals surface area contributed by atoms with Gasteiger partial charge in [-0.2, -0.15) is 0 Å². The molecule has 0 atom stereocenters. The summed E-state index contributed by atoms with van der Waals surface area (Å²) in [7, 11) is 0. The molecule has 2 heteroatoms. The van der Waals surface area contributed by atoms with Gasteiger partial charge in [0, 0.05) is 13.0 Å². The largest absolute Gasteiger partial charge is 0.298 e. The van der Waals surface area contributed by atoms with E-state index in [2.05, 4.69) is 28.7 Å². The van der Waals surface area contributed by atoms with Crippen LogP contribution in [0.25, 0.3) is 0 Å². The van der Waals surface area contributed by atoms with E-state index in [0.29, 0.717) is 0 Å². The Hall–Kier alpha value is -0.920. The molecule has 0 saturated heterocycles. The predicted octanol–water partition coefficient (Wildman–Crippen LogP) is 1.79. The number of fused-ring (bicyclic) bond motifs is 1. The second kappa shape index (κ2) is 3.86. The SMILES string of the molecule is Cc1cc[n+]2c(n1)CCCCCC2. The zero-order valence-electron chi connectivity index (χ0n) is 8.29. The molecule has 1 aliphatic heterocycles. The molecule has 0 bridgehead atoms. The number of aromatic nitrogens is 2. The molecule has 0 radical (unpaired) electrons. The minimum absolute atomic E-state index is 1.15. The molecule has 2 rings (SSSR count). The van der Waals surface area contributed by atoms with E-state index in [1.165, 1.54) is 31.5 Å². The third-order valence-electron chi connectivity index (χ3n) is 2.68. The third kappa shape index (κ3) is 2.06. The van der Waals surface area contributed by atoms with E-state index in [-0.39, 0.29) is 0 Å². The summed E-state index contributed by atoms with van der Waals surface area (Å²) in [6.45, 7) is 3.22. The van der Waals surface area contributed by atoms with Gasteiger partial charge in [0.2, 0.25) is 0 Å². The average molecular weight is 177 g/mol. The van der Waals surface area contributed by atoms with E-state index in [1.807, 2.05) is 0 Å². The molecule has 0 amide bonds. The Morgan fingerprint density at radius 1 is 1.23 bits per heavy atom. The van der Waals surface area contributed by atoms with Gasteiger partial charge >= 0.3 is 0 Å². The first-order chi connectivity index (χ1) is 6.36. The Balaban J connectivity index is 2.28. The molecule has 1 aromatic rings. The Morgan fingerprint density at radius 2 is 2.08 bits per heavy atom. The van der Waals surface area contributed by atoms with Crippen LogP contribution in [-0.4, -0.2) is 4.98 Å². The summed E-state index contributed by atoms with van der Waals surface area (Å²) < 4.78 is 2.31. The lowest BCUT2D eigenvalue weighted by Crippen LogP contribution is -2.40. The molecule has 2 heterocycles. The summed E-state index contributed by atoms with van der Waals surface area (Å²) in [5, 5.41) is 0. The molecule has 0 N–H and O–H groups in total. The van der Waals surface area contributed by atoms with Gasteiger partial charge in [0.05, 0.1) is 19.2 Å². The lowest BCUT2D eigenvalue weighted by atomic mass is 10.1. The topological polar surface area (TPSA) is 16.8 Å². The Bertz CT molecular complexity index is 294. The predicted molar refractivity (Wildman–Crippen MR) is 51.3 cm³/mol. The van der Waals surface area contributed by atoms with Crippen molar-refractivity contribution in [3.05, 3.63) is 23.8 Å². The van der Waals surface area contributed by atoms with Crippen molar-refractivity contribution in [2.75, 3.05) is 0 Å². The highest BCUT2D eigenvalue weighted by Gasteiger charge is 2.14. The van der Waals surface area contributed by atoms with Crippen LogP contribution in [0.5, 0.6) is 0 Å². The van der Waals surface area contributed by atoms with Crippen molar-refractivity contribution in [3.63, 3.8) is 0 Å². The van der Waals surface area contributed by atoms with E-state index in [9.17, 15) is 0 Å². The van der Waals surface area contributed by atoms with Gasteiger partial charge in [-0.15, -0.1) is 0 Å². The summed E-state index contributed by atoms with van der Waals surface area (Å²) in [5.41, 5.74) is 1.15. The van der Waals surface area contributed by atoms with Crippen molar-refractivity contribution in [2.45, 2.75) is 45.6 Å². The molecule has 0 aromatic carbocycles. The second-order valence-electron chi connectivity index (χ2n) is 3.84. The zero-order chi connectivity index (χ0) is 9.10. The Kier molecular flexibility index (Phi) is 2.57. The molecular formula is C11H17N2+. The smallest absolute Gasteiger partial charge is 0.235 e. The minimum atomic E-state index is 1.15. The van der Waals surface area contributed by atoms with Gasteiger partial charge < -0.3 is 0 Å². The highest BCUT2D eigenvalue weighted by atomic mass is 15.0. The highest BCUT2D eigenvalue weighted by molar-refractivity contribution is 4.95. The summed E-state index contributed by atoms with van der Waals surface area (Å²) in [4.78, 5) is 4.58. The fourth-order valence-corrected chi connectivity index (χ4v) is 1.91. The van der Waals surface area contributed by atoms with Gasteiger partial charge in [0.15, 0.2) is 5.69 Å². The van der Waals surface area contributed by atoms with Crippen molar-refractivity contribution in [1.82, 2.24) is 4.98 Å². The van der Waals surface area contributed by atoms with Crippen molar-refractivity contribution in [3.8, 4) is 0 Å². The molecule has 2 nitrogen and oxygen atoms in total. The maximum atomic E-state index is 4.58. The van der Waals surface area contributed by atoms with Gasteiger partial charge in [-0.25, -0.2) is 4.57 Å². The van der Waals surface area contributed by atoms with Crippen molar-refractivity contribution in [1.29, 1.82) is 0 Å². The standard InChI is InChI=1S/C11H17N2/c1-10-7-9-13-8-5-3-2-4-6-11(13)12-10/h7,9H,2-6,8H2,1H3/q+1. The Morgan fingerprint density at radius 3 is 3.00 bits per heavy atom. The number of hydrogen-bond acceptors (Lipinski definition) is 1. The lowest BCUT2D eigenvalue weighted by Gasteiger charge is -2.08. The van der Waals surface area contributed by atoms with E-state index in [4.69, 9.17) is 0 Å². The van der Waals surface area contributed by atoms with Gasteiger partial charge in [-0.05, 0) is 19.3 Å². The summed E-state index contributed by atoms with van der Waals surface area (Å²) >= 11 is 0. The van der Waals surface area contributed by atoms with Gasteiger partial charge in [-0.1, -0.05) is 11.4 Å². The molecule has 0 saturated carbocycles. The molecule has 70 valence electrons. The van der Waals surface area contributed by atoms with Crippen LogP contribution < -0.4 is 4.57 Å². The molecule has 0 spiro atoms. The number of rotatable bonds is 0. The second-order valence-corrected chi connectivity index (χ2v) is 3.84. The van der Waals surface area contributed by atoms with Crippen LogP contribution in [0.4, 0.5) is 0 Å². The Labute approximate surface area is 79.6 Å². The first-order valence-corrected chi connectivity index (χ1v) is 5.22. The van der Waals surface area contributed by atoms with Crippen molar-refractivity contribution >= 4 is 0 Å². The molecular weight excluding hydrogens is 160 g/mol.